The van der Waals surface area contributed by atoms with E-state index in [0.717, 1.165) is 5.56 Å². The summed E-state index contributed by atoms with van der Waals surface area (Å²) in [6.07, 6.45) is -2.56. The van der Waals surface area contributed by atoms with Crippen LogP contribution in [0.2, 0.25) is 10.0 Å². The number of benzene rings is 1. The first-order chi connectivity index (χ1) is 13.2. The van der Waals surface area contributed by atoms with Crippen molar-refractivity contribution in [1.29, 1.82) is 0 Å². The predicted molar refractivity (Wildman–Crippen MR) is 102 cm³/mol. The van der Waals surface area contributed by atoms with Gasteiger partial charge in [-0.15, -0.1) is 0 Å². The third kappa shape index (κ3) is 4.86. The second-order valence-electron chi connectivity index (χ2n) is 7.50. The molecule has 0 aliphatic carbocycles. The molecule has 28 heavy (non-hydrogen) atoms. The molecule has 0 aromatic heterocycles. The number of hydrogen-bond donors (Lipinski definition) is 1. The molecule has 2 saturated heterocycles. The van der Waals surface area contributed by atoms with E-state index in [4.69, 9.17) is 27.9 Å². The Morgan fingerprint density at radius 3 is 2.64 bits per heavy atom. The van der Waals surface area contributed by atoms with Crippen LogP contribution in [0.5, 0.6) is 0 Å². The Labute approximate surface area is 172 Å². The Hall–Kier alpha value is -1.18. The fourth-order valence-electron chi connectivity index (χ4n) is 4.01. The van der Waals surface area contributed by atoms with E-state index in [9.17, 15) is 18.0 Å². The van der Waals surface area contributed by atoms with E-state index in [-0.39, 0.29) is 19.5 Å². The molecule has 2 amide bonds. The summed E-state index contributed by atoms with van der Waals surface area (Å²) >= 11 is 12.4. The minimum Gasteiger partial charge on any atom is -0.381 e. The number of carbonyl (C=O) groups excluding carboxylic acids is 1. The molecular formula is C19H23Cl2F3N2O2. The molecule has 1 aromatic rings. The number of amides is 2. The van der Waals surface area contributed by atoms with Crippen molar-refractivity contribution in [3.05, 3.63) is 33.8 Å². The highest BCUT2D eigenvalue weighted by atomic mass is 35.5. The molecular weight excluding hydrogens is 416 g/mol. The van der Waals surface area contributed by atoms with Gasteiger partial charge in [-0.25, -0.2) is 4.79 Å². The van der Waals surface area contributed by atoms with Crippen molar-refractivity contribution in [2.24, 2.45) is 5.92 Å². The molecule has 1 aromatic carbocycles. The molecule has 156 valence electrons. The second-order valence-corrected chi connectivity index (χ2v) is 8.35. The SMILES string of the molecule is O=C(NCC1(c2ccc(Cl)cc2Cl)CCOCC1)N1CCC[C@@H](C(F)(F)F)C1. The summed E-state index contributed by atoms with van der Waals surface area (Å²) in [6.45, 7) is 1.36. The minimum absolute atomic E-state index is 0.0644. The van der Waals surface area contributed by atoms with Crippen LogP contribution in [0.25, 0.3) is 0 Å². The molecule has 2 aliphatic rings. The van der Waals surface area contributed by atoms with Crippen LogP contribution < -0.4 is 5.32 Å². The van der Waals surface area contributed by atoms with Crippen molar-refractivity contribution in [3.63, 3.8) is 0 Å². The summed E-state index contributed by atoms with van der Waals surface area (Å²) in [5.74, 6) is -1.46. The lowest BCUT2D eigenvalue weighted by Crippen LogP contribution is -2.52. The third-order valence-electron chi connectivity index (χ3n) is 5.70. The number of piperidine rings is 1. The van der Waals surface area contributed by atoms with Crippen LogP contribution in [0, 0.1) is 5.92 Å². The number of hydrogen-bond acceptors (Lipinski definition) is 2. The molecule has 0 radical (unpaired) electrons. The van der Waals surface area contributed by atoms with Crippen LogP contribution in [0.4, 0.5) is 18.0 Å². The van der Waals surface area contributed by atoms with Gasteiger partial charge in [0.1, 0.15) is 0 Å². The third-order valence-corrected chi connectivity index (χ3v) is 6.25. The molecule has 0 spiro atoms. The zero-order valence-electron chi connectivity index (χ0n) is 15.3. The first-order valence-corrected chi connectivity index (χ1v) is 10.1. The van der Waals surface area contributed by atoms with Gasteiger partial charge in [0, 0.05) is 48.3 Å². The standard InChI is InChI=1S/C19H23Cl2F3N2O2/c20-14-3-4-15(16(21)10-14)18(5-8-28-9-6-18)12-25-17(27)26-7-1-2-13(11-26)19(22,23)24/h3-4,10,13H,1-2,5-9,11-12H2,(H,25,27)/t13-/m1/s1. The normalized spacial score (nSPS) is 22.8. The Balaban J connectivity index is 1.71. The van der Waals surface area contributed by atoms with Crippen molar-refractivity contribution in [1.82, 2.24) is 10.2 Å². The number of ether oxygens (including phenoxy) is 1. The smallest absolute Gasteiger partial charge is 0.381 e. The first kappa shape index (κ1) is 21.5. The zero-order chi connectivity index (χ0) is 20.4. The number of likely N-dealkylation sites (tertiary alicyclic amines) is 1. The number of halogens is 5. The zero-order valence-corrected chi connectivity index (χ0v) is 16.8. The maximum Gasteiger partial charge on any atom is 0.393 e. The fraction of sp³-hybridized carbons (Fsp3) is 0.632. The summed E-state index contributed by atoms with van der Waals surface area (Å²) in [6, 6.07) is 4.80. The van der Waals surface area contributed by atoms with E-state index in [1.54, 1.807) is 12.1 Å². The van der Waals surface area contributed by atoms with E-state index in [2.05, 4.69) is 5.32 Å². The Kier molecular flexibility index (Phi) is 6.67. The Morgan fingerprint density at radius 1 is 1.29 bits per heavy atom. The molecule has 2 heterocycles. The van der Waals surface area contributed by atoms with E-state index >= 15 is 0 Å². The van der Waals surface area contributed by atoms with E-state index in [0.29, 0.717) is 49.1 Å². The lowest BCUT2D eigenvalue weighted by atomic mass is 9.74. The van der Waals surface area contributed by atoms with Crippen molar-refractivity contribution in [2.45, 2.75) is 37.3 Å². The van der Waals surface area contributed by atoms with Gasteiger partial charge in [-0.05, 0) is 43.4 Å². The fourth-order valence-corrected chi connectivity index (χ4v) is 4.62. The highest BCUT2D eigenvalue weighted by molar-refractivity contribution is 6.35. The molecule has 1 N–H and O–H groups in total. The van der Waals surface area contributed by atoms with Crippen LogP contribution in [-0.2, 0) is 10.2 Å². The van der Waals surface area contributed by atoms with Gasteiger partial charge in [-0.3, -0.25) is 0 Å². The molecule has 2 fully saturated rings. The van der Waals surface area contributed by atoms with Gasteiger partial charge in [0.2, 0.25) is 0 Å². The lowest BCUT2D eigenvalue weighted by Gasteiger charge is -2.40. The van der Waals surface area contributed by atoms with Gasteiger partial charge in [-0.2, -0.15) is 13.2 Å². The number of urea groups is 1. The topological polar surface area (TPSA) is 41.6 Å². The van der Waals surface area contributed by atoms with Gasteiger partial charge in [0.25, 0.3) is 0 Å². The average Bonchev–Trinajstić information content (AvgIpc) is 2.66. The van der Waals surface area contributed by atoms with Gasteiger partial charge in [-0.1, -0.05) is 29.3 Å². The number of nitrogens with zero attached hydrogens (tertiary/aromatic N) is 1. The van der Waals surface area contributed by atoms with Crippen LogP contribution in [0.1, 0.15) is 31.2 Å². The minimum atomic E-state index is -4.28. The highest BCUT2D eigenvalue weighted by Gasteiger charge is 2.43. The van der Waals surface area contributed by atoms with E-state index < -0.39 is 23.5 Å². The molecule has 0 bridgehead atoms. The van der Waals surface area contributed by atoms with Crippen molar-refractivity contribution in [2.75, 3.05) is 32.8 Å². The lowest BCUT2D eigenvalue weighted by molar-refractivity contribution is -0.184. The highest BCUT2D eigenvalue weighted by Crippen LogP contribution is 2.39. The number of carbonyl (C=O) groups is 1. The van der Waals surface area contributed by atoms with Gasteiger partial charge in [0.05, 0.1) is 5.92 Å². The van der Waals surface area contributed by atoms with Crippen LogP contribution >= 0.6 is 23.2 Å². The van der Waals surface area contributed by atoms with Crippen LogP contribution in [0.15, 0.2) is 18.2 Å². The summed E-state index contributed by atoms with van der Waals surface area (Å²) in [7, 11) is 0. The summed E-state index contributed by atoms with van der Waals surface area (Å²) in [5.41, 5.74) is 0.434. The maximum absolute atomic E-state index is 13.0. The molecule has 0 unspecified atom stereocenters. The number of rotatable bonds is 3. The molecule has 1 atom stereocenters. The number of alkyl halides is 3. The molecule has 3 rings (SSSR count). The Morgan fingerprint density at radius 2 is 2.00 bits per heavy atom. The predicted octanol–water partition coefficient (Wildman–Crippen LogP) is 5.03. The summed E-state index contributed by atoms with van der Waals surface area (Å²) < 4.78 is 44.5. The Bertz CT molecular complexity index is 709. The van der Waals surface area contributed by atoms with Gasteiger partial charge < -0.3 is 15.0 Å². The summed E-state index contributed by atoms with van der Waals surface area (Å²) in [4.78, 5) is 13.9. The monoisotopic (exact) mass is 438 g/mol. The second kappa shape index (κ2) is 8.67. The molecule has 9 heteroatoms. The summed E-state index contributed by atoms with van der Waals surface area (Å²) in [5, 5.41) is 3.88. The largest absolute Gasteiger partial charge is 0.393 e. The van der Waals surface area contributed by atoms with Crippen molar-refractivity contribution >= 4 is 29.2 Å². The average molecular weight is 439 g/mol. The van der Waals surface area contributed by atoms with Gasteiger partial charge in [0.15, 0.2) is 0 Å². The quantitative estimate of drug-likeness (QED) is 0.719. The maximum atomic E-state index is 13.0. The van der Waals surface area contributed by atoms with Gasteiger partial charge >= 0.3 is 12.2 Å². The van der Waals surface area contributed by atoms with Crippen LogP contribution in [-0.4, -0.2) is 50.0 Å². The number of nitrogens with one attached hydrogen (secondary N) is 1. The van der Waals surface area contributed by atoms with Crippen molar-refractivity contribution in [3.8, 4) is 0 Å². The first-order valence-electron chi connectivity index (χ1n) is 9.34. The molecule has 2 aliphatic heterocycles. The van der Waals surface area contributed by atoms with E-state index in [1.165, 1.54) is 4.90 Å². The van der Waals surface area contributed by atoms with E-state index in [1.807, 2.05) is 6.07 Å². The molecule has 4 nitrogen and oxygen atoms in total. The van der Waals surface area contributed by atoms with Crippen molar-refractivity contribution < 1.29 is 22.7 Å². The molecule has 0 saturated carbocycles. The van der Waals surface area contributed by atoms with Crippen LogP contribution in [0.3, 0.4) is 0 Å².